The van der Waals surface area contributed by atoms with Gasteiger partial charge in [0.2, 0.25) is 0 Å². The van der Waals surface area contributed by atoms with E-state index in [0.717, 1.165) is 17.2 Å². The molecule has 0 bridgehead atoms. The highest BCUT2D eigenvalue weighted by molar-refractivity contribution is 6.31. The molecular weight excluding hydrogens is 422 g/mol. The minimum absolute atomic E-state index is 0.0113. The Labute approximate surface area is 183 Å². The maximum atomic E-state index is 12.3. The van der Waals surface area contributed by atoms with Gasteiger partial charge in [0, 0.05) is 22.7 Å². The van der Waals surface area contributed by atoms with Crippen LogP contribution in [0.5, 0.6) is 11.5 Å². The summed E-state index contributed by atoms with van der Waals surface area (Å²) in [6, 6.07) is 18.3. The Hall–Kier alpha value is -3.91. The molecule has 3 aromatic rings. The van der Waals surface area contributed by atoms with Crippen LogP contribution in [-0.2, 0) is 6.61 Å². The number of nitro groups is 1. The third kappa shape index (κ3) is 5.80. The van der Waals surface area contributed by atoms with E-state index < -0.39 is 10.8 Å². The van der Waals surface area contributed by atoms with Gasteiger partial charge in [0.05, 0.1) is 23.8 Å². The summed E-state index contributed by atoms with van der Waals surface area (Å²) < 4.78 is 10.8. The molecule has 0 radical (unpaired) electrons. The highest BCUT2D eigenvalue weighted by atomic mass is 35.5. The molecule has 1 N–H and O–H groups in total. The number of non-ortho nitro benzene ring substituents is 1. The van der Waals surface area contributed by atoms with Crippen molar-refractivity contribution in [3.05, 3.63) is 98.6 Å². The fourth-order valence-corrected chi connectivity index (χ4v) is 2.83. The Morgan fingerprint density at radius 1 is 1.16 bits per heavy atom. The van der Waals surface area contributed by atoms with Crippen LogP contribution in [0.4, 0.5) is 5.69 Å². The fourth-order valence-electron chi connectivity index (χ4n) is 2.64. The van der Waals surface area contributed by atoms with Gasteiger partial charge in [0.15, 0.2) is 0 Å². The van der Waals surface area contributed by atoms with Crippen molar-refractivity contribution >= 4 is 29.4 Å². The van der Waals surface area contributed by atoms with Gasteiger partial charge in [0.1, 0.15) is 18.1 Å². The Morgan fingerprint density at radius 2 is 1.90 bits per heavy atom. The molecule has 0 fully saturated rings. The number of halogens is 1. The van der Waals surface area contributed by atoms with Gasteiger partial charge in [0.25, 0.3) is 11.6 Å². The van der Waals surface area contributed by atoms with Crippen LogP contribution in [0, 0.1) is 10.1 Å². The van der Waals surface area contributed by atoms with Gasteiger partial charge in [-0.3, -0.25) is 14.9 Å². The quantitative estimate of drug-likeness (QED) is 0.314. The molecular formula is C22H18ClN3O5. The maximum Gasteiger partial charge on any atom is 0.275 e. The summed E-state index contributed by atoms with van der Waals surface area (Å²) in [5.74, 6) is 0.234. The first-order chi connectivity index (χ1) is 15.0. The fraction of sp³-hybridized carbons (Fsp3) is 0.0909. The van der Waals surface area contributed by atoms with Crippen molar-refractivity contribution in [3.63, 3.8) is 0 Å². The van der Waals surface area contributed by atoms with Crippen LogP contribution >= 0.6 is 11.6 Å². The summed E-state index contributed by atoms with van der Waals surface area (Å²) in [6.07, 6.45) is 1.44. The number of benzene rings is 3. The van der Waals surface area contributed by atoms with E-state index in [2.05, 4.69) is 10.5 Å². The zero-order chi connectivity index (χ0) is 22.2. The van der Waals surface area contributed by atoms with Crippen LogP contribution in [0.2, 0.25) is 5.02 Å². The number of amides is 1. The number of rotatable bonds is 8. The van der Waals surface area contributed by atoms with E-state index in [4.69, 9.17) is 21.1 Å². The second-order valence-electron chi connectivity index (χ2n) is 6.29. The molecule has 158 valence electrons. The Kier molecular flexibility index (Phi) is 7.18. The summed E-state index contributed by atoms with van der Waals surface area (Å²) >= 11 is 6.11. The lowest BCUT2D eigenvalue weighted by molar-refractivity contribution is -0.384. The number of methoxy groups -OCH3 is 1. The van der Waals surface area contributed by atoms with Crippen molar-refractivity contribution in [2.45, 2.75) is 6.61 Å². The van der Waals surface area contributed by atoms with E-state index in [1.54, 1.807) is 30.3 Å². The van der Waals surface area contributed by atoms with Gasteiger partial charge in [-0.15, -0.1) is 0 Å². The minimum atomic E-state index is -0.628. The molecule has 0 aliphatic heterocycles. The Bertz CT molecular complexity index is 1120. The largest absolute Gasteiger partial charge is 0.496 e. The zero-order valence-corrected chi connectivity index (χ0v) is 17.2. The summed E-state index contributed by atoms with van der Waals surface area (Å²) in [5, 5.41) is 15.5. The van der Waals surface area contributed by atoms with E-state index in [0.29, 0.717) is 17.4 Å². The molecule has 0 heterocycles. The predicted molar refractivity (Wildman–Crippen MR) is 117 cm³/mol. The molecule has 0 aromatic heterocycles. The average Bonchev–Trinajstić information content (AvgIpc) is 2.78. The van der Waals surface area contributed by atoms with Crippen LogP contribution in [0.25, 0.3) is 0 Å². The van der Waals surface area contributed by atoms with E-state index in [-0.39, 0.29) is 17.0 Å². The molecule has 0 aliphatic rings. The van der Waals surface area contributed by atoms with Crippen molar-refractivity contribution < 1.29 is 19.2 Å². The topological polar surface area (TPSA) is 103 Å². The Morgan fingerprint density at radius 3 is 2.58 bits per heavy atom. The average molecular weight is 440 g/mol. The number of nitro benzene ring substituents is 1. The van der Waals surface area contributed by atoms with Crippen molar-refractivity contribution in [2.75, 3.05) is 7.11 Å². The van der Waals surface area contributed by atoms with Crippen molar-refractivity contribution in [1.29, 1.82) is 0 Å². The van der Waals surface area contributed by atoms with Crippen LogP contribution in [0.3, 0.4) is 0 Å². The molecule has 0 saturated carbocycles. The molecule has 1 amide bonds. The number of carbonyl (C=O) groups is 1. The highest BCUT2D eigenvalue weighted by Crippen LogP contribution is 2.24. The number of carbonyl (C=O) groups excluding carboxylic acids is 1. The molecule has 0 atom stereocenters. The summed E-state index contributed by atoms with van der Waals surface area (Å²) in [6.45, 7) is 0.341. The highest BCUT2D eigenvalue weighted by Gasteiger charge is 2.17. The Balaban J connectivity index is 1.60. The van der Waals surface area contributed by atoms with Crippen molar-refractivity contribution in [1.82, 2.24) is 5.43 Å². The SMILES string of the molecule is COc1ccc([N+](=O)[O-])cc1C(=O)NN=Cc1ccc(OCc2ccccc2Cl)cc1. The van der Waals surface area contributed by atoms with Crippen molar-refractivity contribution in [3.8, 4) is 11.5 Å². The van der Waals surface area contributed by atoms with E-state index in [1.165, 1.54) is 25.5 Å². The summed E-state index contributed by atoms with van der Waals surface area (Å²) in [7, 11) is 1.37. The minimum Gasteiger partial charge on any atom is -0.496 e. The molecule has 0 spiro atoms. The normalized spacial score (nSPS) is 10.6. The van der Waals surface area contributed by atoms with Gasteiger partial charge in [-0.25, -0.2) is 5.43 Å². The van der Waals surface area contributed by atoms with Crippen molar-refractivity contribution in [2.24, 2.45) is 5.10 Å². The first-order valence-electron chi connectivity index (χ1n) is 9.10. The van der Waals surface area contributed by atoms with Crippen LogP contribution in [0.1, 0.15) is 21.5 Å². The number of nitrogens with one attached hydrogen (secondary N) is 1. The molecule has 3 rings (SSSR count). The zero-order valence-electron chi connectivity index (χ0n) is 16.4. The molecule has 0 saturated heterocycles. The van der Waals surface area contributed by atoms with Crippen LogP contribution in [0.15, 0.2) is 71.8 Å². The third-order valence-electron chi connectivity index (χ3n) is 4.25. The monoisotopic (exact) mass is 439 g/mol. The van der Waals surface area contributed by atoms with E-state index in [1.807, 2.05) is 18.2 Å². The lowest BCUT2D eigenvalue weighted by atomic mass is 10.1. The molecule has 9 heteroatoms. The molecule has 8 nitrogen and oxygen atoms in total. The van der Waals surface area contributed by atoms with Gasteiger partial charge in [-0.2, -0.15) is 5.10 Å². The van der Waals surface area contributed by atoms with E-state index in [9.17, 15) is 14.9 Å². The predicted octanol–water partition coefficient (Wildman–Crippen LogP) is 4.60. The van der Waals surface area contributed by atoms with Gasteiger partial charge in [-0.05, 0) is 42.0 Å². The molecule has 3 aromatic carbocycles. The van der Waals surface area contributed by atoms with Crippen LogP contribution in [-0.4, -0.2) is 24.2 Å². The van der Waals surface area contributed by atoms with Crippen LogP contribution < -0.4 is 14.9 Å². The molecule has 0 unspecified atom stereocenters. The van der Waals surface area contributed by atoms with Gasteiger partial charge < -0.3 is 9.47 Å². The summed E-state index contributed by atoms with van der Waals surface area (Å²) in [5.41, 5.74) is 3.73. The number of hydrogen-bond donors (Lipinski definition) is 1. The number of hydrazone groups is 1. The lowest BCUT2D eigenvalue weighted by Gasteiger charge is -2.08. The maximum absolute atomic E-state index is 12.3. The number of hydrogen-bond acceptors (Lipinski definition) is 6. The van der Waals surface area contributed by atoms with Gasteiger partial charge >= 0.3 is 0 Å². The number of ether oxygens (including phenoxy) is 2. The summed E-state index contributed by atoms with van der Waals surface area (Å²) in [4.78, 5) is 22.7. The second-order valence-corrected chi connectivity index (χ2v) is 6.70. The third-order valence-corrected chi connectivity index (χ3v) is 4.62. The second kappa shape index (κ2) is 10.2. The molecule has 0 aliphatic carbocycles. The molecule has 31 heavy (non-hydrogen) atoms. The first-order valence-corrected chi connectivity index (χ1v) is 9.48. The number of nitrogens with zero attached hydrogens (tertiary/aromatic N) is 2. The lowest BCUT2D eigenvalue weighted by Crippen LogP contribution is -2.18. The van der Waals surface area contributed by atoms with E-state index >= 15 is 0 Å². The van der Waals surface area contributed by atoms with Gasteiger partial charge in [-0.1, -0.05) is 29.8 Å². The smallest absolute Gasteiger partial charge is 0.275 e. The standard InChI is InChI=1S/C22H18ClN3O5/c1-30-21-11-8-17(26(28)29)12-19(21)22(27)25-24-13-15-6-9-18(10-7-15)31-14-16-4-2-3-5-20(16)23/h2-13H,14H2,1H3,(H,25,27). The first kappa shape index (κ1) is 21.8.